The van der Waals surface area contributed by atoms with Crippen molar-refractivity contribution in [2.24, 2.45) is 11.8 Å². The van der Waals surface area contributed by atoms with Crippen molar-refractivity contribution in [1.29, 1.82) is 0 Å². The van der Waals surface area contributed by atoms with Crippen LogP contribution in [0.15, 0.2) is 0 Å². The van der Waals surface area contributed by atoms with Crippen LogP contribution >= 0.6 is 0 Å². The molecule has 0 spiro atoms. The lowest BCUT2D eigenvalue weighted by atomic mass is 9.71. The molecular weight excluding hydrogens is 218 g/mol. The molecule has 0 radical (unpaired) electrons. The summed E-state index contributed by atoms with van der Waals surface area (Å²) in [5.74, 6) is 0.780. The second-order valence-electron chi connectivity index (χ2n) is 5.87. The van der Waals surface area contributed by atoms with E-state index < -0.39 is 5.60 Å². The van der Waals surface area contributed by atoms with E-state index in [-0.39, 0.29) is 23.5 Å². The van der Waals surface area contributed by atoms with Crippen LogP contribution in [0, 0.1) is 11.8 Å². The Bertz CT molecular complexity index is 364. The molecule has 0 aromatic heterocycles. The maximum Gasteiger partial charge on any atom is 0.225 e. The largest absolute Gasteiger partial charge is 0.388 e. The highest BCUT2D eigenvalue weighted by Gasteiger charge is 2.47. The van der Waals surface area contributed by atoms with Crippen LogP contribution in [-0.4, -0.2) is 40.4 Å². The first-order chi connectivity index (χ1) is 8.08. The summed E-state index contributed by atoms with van der Waals surface area (Å²) in [5, 5.41) is 10.6. The molecule has 2 aliphatic carbocycles. The molecule has 1 amide bonds. The Hall–Kier alpha value is -0.900. The number of hydrogen-bond donors (Lipinski definition) is 1. The average Bonchev–Trinajstić information content (AvgIpc) is 3.12. The Labute approximate surface area is 101 Å². The minimum atomic E-state index is -0.795. The number of hydrogen-bond acceptors (Lipinski definition) is 3. The molecular formula is C13H19NO3. The zero-order valence-corrected chi connectivity index (χ0v) is 10.0. The fraction of sp³-hybridized carbons (Fsp3) is 0.846. The molecule has 2 atom stereocenters. The Kier molecular flexibility index (Phi) is 2.51. The molecule has 1 heterocycles. The number of ketones is 1. The number of Topliss-reactive ketones (excluding diaryl/α,β-unsaturated/α-hetero) is 1. The van der Waals surface area contributed by atoms with Gasteiger partial charge < -0.3 is 10.0 Å². The van der Waals surface area contributed by atoms with Gasteiger partial charge in [0.15, 0.2) is 0 Å². The number of β-amino-alcohol motifs (C(OH)–C–C–N with tert-alkyl or cyclic N) is 1. The molecule has 1 saturated heterocycles. The highest BCUT2D eigenvalue weighted by atomic mass is 16.3. The molecule has 1 aliphatic heterocycles. The van der Waals surface area contributed by atoms with E-state index in [9.17, 15) is 14.7 Å². The minimum Gasteiger partial charge on any atom is -0.388 e. The molecule has 4 heteroatoms. The first-order valence-electron chi connectivity index (χ1n) is 6.61. The zero-order chi connectivity index (χ0) is 12.0. The predicted octanol–water partition coefficient (Wildman–Crippen LogP) is 0.729. The monoisotopic (exact) mass is 237 g/mol. The molecule has 0 bridgehead atoms. The van der Waals surface area contributed by atoms with Crippen molar-refractivity contribution in [2.45, 2.75) is 44.1 Å². The molecule has 3 fully saturated rings. The number of aliphatic hydroxyl groups is 1. The first kappa shape index (κ1) is 11.2. The van der Waals surface area contributed by atoms with Gasteiger partial charge in [0.25, 0.3) is 0 Å². The van der Waals surface area contributed by atoms with Crippen LogP contribution in [0.4, 0.5) is 0 Å². The van der Waals surface area contributed by atoms with Crippen molar-refractivity contribution in [3.8, 4) is 0 Å². The van der Waals surface area contributed by atoms with E-state index in [0.717, 1.165) is 25.8 Å². The van der Waals surface area contributed by atoms with Gasteiger partial charge in [0.1, 0.15) is 5.78 Å². The van der Waals surface area contributed by atoms with Crippen molar-refractivity contribution in [3.63, 3.8) is 0 Å². The molecule has 0 aromatic rings. The number of likely N-dealkylation sites (tertiary alicyclic amines) is 1. The van der Waals surface area contributed by atoms with Gasteiger partial charge in [0.2, 0.25) is 5.91 Å². The van der Waals surface area contributed by atoms with E-state index in [4.69, 9.17) is 0 Å². The van der Waals surface area contributed by atoms with E-state index in [2.05, 4.69) is 0 Å². The third kappa shape index (κ3) is 1.99. The Morgan fingerprint density at radius 2 is 2.12 bits per heavy atom. The summed E-state index contributed by atoms with van der Waals surface area (Å²) in [7, 11) is 0. The molecule has 17 heavy (non-hydrogen) atoms. The van der Waals surface area contributed by atoms with Crippen LogP contribution in [0.1, 0.15) is 38.5 Å². The van der Waals surface area contributed by atoms with E-state index in [1.54, 1.807) is 0 Å². The summed E-state index contributed by atoms with van der Waals surface area (Å²) >= 11 is 0. The van der Waals surface area contributed by atoms with Gasteiger partial charge in [-0.1, -0.05) is 0 Å². The molecule has 3 rings (SSSR count). The number of amides is 1. The van der Waals surface area contributed by atoms with Crippen molar-refractivity contribution in [1.82, 2.24) is 4.90 Å². The third-order valence-electron chi connectivity index (χ3n) is 4.52. The average molecular weight is 237 g/mol. The SMILES string of the molecule is O=C1CC[C@@]2(O)CN(C(=O)C3CC3)CC[C@@H]2C1. The van der Waals surface area contributed by atoms with Crippen LogP contribution in [0.2, 0.25) is 0 Å². The topological polar surface area (TPSA) is 57.6 Å². The maximum atomic E-state index is 12.0. The third-order valence-corrected chi connectivity index (χ3v) is 4.52. The second kappa shape index (κ2) is 3.80. The van der Waals surface area contributed by atoms with Gasteiger partial charge in [-0.15, -0.1) is 0 Å². The van der Waals surface area contributed by atoms with E-state index in [0.29, 0.717) is 25.8 Å². The van der Waals surface area contributed by atoms with E-state index in [1.165, 1.54) is 0 Å². The lowest BCUT2D eigenvalue weighted by Crippen LogP contribution is -2.57. The molecule has 0 unspecified atom stereocenters. The van der Waals surface area contributed by atoms with Crippen molar-refractivity contribution in [2.75, 3.05) is 13.1 Å². The summed E-state index contributed by atoms with van der Waals surface area (Å²) in [6, 6.07) is 0. The molecule has 4 nitrogen and oxygen atoms in total. The van der Waals surface area contributed by atoms with Crippen molar-refractivity contribution < 1.29 is 14.7 Å². The van der Waals surface area contributed by atoms with Crippen molar-refractivity contribution in [3.05, 3.63) is 0 Å². The maximum absolute atomic E-state index is 12.0. The summed E-state index contributed by atoms with van der Waals surface area (Å²) in [6.07, 6.45) is 4.30. The number of carbonyl (C=O) groups excluding carboxylic acids is 2. The van der Waals surface area contributed by atoms with Crippen LogP contribution in [0.3, 0.4) is 0 Å². The van der Waals surface area contributed by atoms with Gasteiger partial charge >= 0.3 is 0 Å². The van der Waals surface area contributed by atoms with Crippen LogP contribution < -0.4 is 0 Å². The second-order valence-corrected chi connectivity index (χ2v) is 5.87. The van der Waals surface area contributed by atoms with Gasteiger partial charge in [-0.2, -0.15) is 0 Å². The molecule has 2 saturated carbocycles. The van der Waals surface area contributed by atoms with E-state index in [1.807, 2.05) is 4.90 Å². The number of fused-ring (bicyclic) bond motifs is 1. The Balaban J connectivity index is 1.70. The quantitative estimate of drug-likeness (QED) is 0.731. The molecule has 1 N–H and O–H groups in total. The zero-order valence-electron chi connectivity index (χ0n) is 10.0. The smallest absolute Gasteiger partial charge is 0.225 e. The minimum absolute atomic E-state index is 0.0759. The summed E-state index contributed by atoms with van der Waals surface area (Å²) in [5.41, 5.74) is -0.795. The van der Waals surface area contributed by atoms with Gasteiger partial charge in [-0.25, -0.2) is 0 Å². The molecule has 94 valence electrons. The molecule has 3 aliphatic rings. The lowest BCUT2D eigenvalue weighted by Gasteiger charge is -2.47. The Morgan fingerprint density at radius 3 is 2.82 bits per heavy atom. The number of rotatable bonds is 1. The number of nitrogens with zero attached hydrogens (tertiary/aromatic N) is 1. The van der Waals surface area contributed by atoms with Gasteiger partial charge in [0, 0.05) is 31.8 Å². The van der Waals surface area contributed by atoms with E-state index >= 15 is 0 Å². The summed E-state index contributed by atoms with van der Waals surface area (Å²) < 4.78 is 0. The Morgan fingerprint density at radius 1 is 1.35 bits per heavy atom. The fourth-order valence-electron chi connectivity index (χ4n) is 3.20. The predicted molar refractivity (Wildman–Crippen MR) is 61.2 cm³/mol. The summed E-state index contributed by atoms with van der Waals surface area (Å²) in [4.78, 5) is 25.2. The van der Waals surface area contributed by atoms with Crippen LogP contribution in [0.25, 0.3) is 0 Å². The van der Waals surface area contributed by atoms with Crippen LogP contribution in [0.5, 0.6) is 0 Å². The van der Waals surface area contributed by atoms with Crippen LogP contribution in [-0.2, 0) is 9.59 Å². The normalized spacial score (nSPS) is 37.8. The highest BCUT2D eigenvalue weighted by molar-refractivity contribution is 5.82. The standard InChI is InChI=1S/C13H19NO3/c15-11-3-5-13(17)8-14(6-4-10(13)7-11)12(16)9-1-2-9/h9-10,17H,1-8H2/t10-,13-/m1/s1. The van der Waals surface area contributed by atoms with Crippen molar-refractivity contribution >= 4 is 11.7 Å². The lowest BCUT2D eigenvalue weighted by molar-refractivity contribution is -0.152. The van der Waals surface area contributed by atoms with Gasteiger partial charge in [-0.3, -0.25) is 9.59 Å². The van der Waals surface area contributed by atoms with Gasteiger partial charge in [0.05, 0.1) is 5.60 Å². The number of piperidine rings is 1. The van der Waals surface area contributed by atoms with Gasteiger partial charge in [-0.05, 0) is 31.6 Å². The number of carbonyl (C=O) groups is 2. The first-order valence-corrected chi connectivity index (χ1v) is 6.61. The fourth-order valence-corrected chi connectivity index (χ4v) is 3.20. The molecule has 0 aromatic carbocycles. The highest BCUT2D eigenvalue weighted by Crippen LogP contribution is 2.40. The summed E-state index contributed by atoms with van der Waals surface area (Å²) in [6.45, 7) is 1.16.